The molecule has 2 N–H and O–H groups in total. The van der Waals surface area contributed by atoms with Crippen LogP contribution in [0, 0.1) is 6.92 Å². The zero-order chi connectivity index (χ0) is 20.4. The number of benzene rings is 1. The van der Waals surface area contributed by atoms with E-state index in [0.29, 0.717) is 17.8 Å². The first-order valence-corrected chi connectivity index (χ1v) is 8.94. The molecule has 1 aromatic carbocycles. The van der Waals surface area contributed by atoms with E-state index in [9.17, 15) is 19.2 Å². The Kier molecular flexibility index (Phi) is 5.34. The lowest BCUT2D eigenvalue weighted by molar-refractivity contribution is -0.155. The smallest absolute Gasteiger partial charge is 0.329 e. The van der Waals surface area contributed by atoms with Gasteiger partial charge >= 0.3 is 5.97 Å². The predicted molar refractivity (Wildman–Crippen MR) is 101 cm³/mol. The summed E-state index contributed by atoms with van der Waals surface area (Å²) in [4.78, 5) is 48.5. The molecule has 2 atom stereocenters. The van der Waals surface area contributed by atoms with Crippen LogP contribution < -0.4 is 16.2 Å². The Morgan fingerprint density at radius 2 is 1.93 bits per heavy atom. The molecule has 9 heteroatoms. The number of ether oxygens (including phenoxy) is 1. The number of nitrogens with one attached hydrogen (secondary N) is 2. The Morgan fingerprint density at radius 1 is 1.25 bits per heavy atom. The summed E-state index contributed by atoms with van der Waals surface area (Å²) in [5.74, 6) is -1.51. The van der Waals surface area contributed by atoms with E-state index in [1.807, 2.05) is 18.2 Å². The van der Waals surface area contributed by atoms with Gasteiger partial charge in [0.05, 0.1) is 11.4 Å². The number of para-hydroxylation sites is 1. The SMILES string of the molecule is Cc1c(NC(=O)C(C)OC(=O)C2CCC(=O)N2)c(=O)n(-c2ccccc2)n1C. The molecule has 0 bridgehead atoms. The van der Waals surface area contributed by atoms with Gasteiger partial charge in [-0.25, -0.2) is 9.48 Å². The minimum atomic E-state index is -1.12. The minimum absolute atomic E-state index is 0.119. The molecule has 0 radical (unpaired) electrons. The Balaban J connectivity index is 1.74. The topological polar surface area (TPSA) is 111 Å². The molecule has 1 aliphatic heterocycles. The van der Waals surface area contributed by atoms with E-state index in [4.69, 9.17) is 4.74 Å². The van der Waals surface area contributed by atoms with Crippen molar-refractivity contribution in [2.24, 2.45) is 7.05 Å². The second-order valence-corrected chi connectivity index (χ2v) is 6.66. The van der Waals surface area contributed by atoms with Gasteiger partial charge in [0.25, 0.3) is 11.5 Å². The number of nitrogens with zero attached hydrogens (tertiary/aromatic N) is 2. The van der Waals surface area contributed by atoms with E-state index < -0.39 is 24.0 Å². The monoisotopic (exact) mass is 386 g/mol. The van der Waals surface area contributed by atoms with Crippen molar-refractivity contribution in [1.29, 1.82) is 0 Å². The van der Waals surface area contributed by atoms with Gasteiger partial charge in [-0.2, -0.15) is 0 Å². The summed E-state index contributed by atoms with van der Waals surface area (Å²) in [6, 6.07) is 8.30. The average Bonchev–Trinajstić information content (AvgIpc) is 3.20. The highest BCUT2D eigenvalue weighted by Crippen LogP contribution is 2.15. The van der Waals surface area contributed by atoms with Crippen LogP contribution in [0.3, 0.4) is 0 Å². The van der Waals surface area contributed by atoms with E-state index in [2.05, 4.69) is 10.6 Å². The van der Waals surface area contributed by atoms with Gasteiger partial charge in [0.1, 0.15) is 11.7 Å². The molecule has 2 unspecified atom stereocenters. The van der Waals surface area contributed by atoms with E-state index >= 15 is 0 Å². The van der Waals surface area contributed by atoms with Crippen molar-refractivity contribution in [1.82, 2.24) is 14.7 Å². The summed E-state index contributed by atoms with van der Waals surface area (Å²) in [6.45, 7) is 3.12. The zero-order valence-electron chi connectivity index (χ0n) is 15.9. The molecule has 1 aliphatic rings. The molecule has 0 spiro atoms. The van der Waals surface area contributed by atoms with E-state index in [-0.39, 0.29) is 23.6 Å². The van der Waals surface area contributed by atoms with Crippen molar-refractivity contribution in [2.45, 2.75) is 38.8 Å². The van der Waals surface area contributed by atoms with Crippen LogP contribution in [0.5, 0.6) is 0 Å². The van der Waals surface area contributed by atoms with Crippen molar-refractivity contribution >= 4 is 23.5 Å². The molecule has 2 aromatic rings. The highest BCUT2D eigenvalue weighted by Gasteiger charge is 2.31. The van der Waals surface area contributed by atoms with E-state index in [0.717, 1.165) is 0 Å². The van der Waals surface area contributed by atoms with Crippen LogP contribution in [0.2, 0.25) is 0 Å². The molecular weight excluding hydrogens is 364 g/mol. The summed E-state index contributed by atoms with van der Waals surface area (Å²) in [7, 11) is 1.71. The lowest BCUT2D eigenvalue weighted by Gasteiger charge is -2.15. The molecule has 3 rings (SSSR count). The van der Waals surface area contributed by atoms with Gasteiger partial charge in [-0.1, -0.05) is 18.2 Å². The van der Waals surface area contributed by atoms with Gasteiger partial charge in [0, 0.05) is 13.5 Å². The maximum absolute atomic E-state index is 12.8. The summed E-state index contributed by atoms with van der Waals surface area (Å²) in [5, 5.41) is 5.05. The van der Waals surface area contributed by atoms with Crippen LogP contribution >= 0.6 is 0 Å². The van der Waals surface area contributed by atoms with E-state index in [1.54, 1.807) is 30.8 Å². The summed E-state index contributed by atoms with van der Waals surface area (Å²) < 4.78 is 8.21. The van der Waals surface area contributed by atoms with Gasteiger partial charge in [0.2, 0.25) is 5.91 Å². The number of aromatic nitrogens is 2. The summed E-state index contributed by atoms with van der Waals surface area (Å²) >= 11 is 0. The molecule has 0 saturated carbocycles. The molecule has 2 heterocycles. The normalized spacial score (nSPS) is 17.1. The van der Waals surface area contributed by atoms with Gasteiger partial charge in [-0.3, -0.25) is 19.1 Å². The number of rotatable bonds is 5. The molecule has 1 aromatic heterocycles. The number of esters is 1. The van der Waals surface area contributed by atoms with Crippen LogP contribution in [-0.4, -0.2) is 39.3 Å². The number of hydrogen-bond donors (Lipinski definition) is 2. The quantitative estimate of drug-likeness (QED) is 0.733. The minimum Gasteiger partial charge on any atom is -0.451 e. The highest BCUT2D eigenvalue weighted by molar-refractivity contribution is 5.96. The first-order valence-electron chi connectivity index (χ1n) is 8.94. The van der Waals surface area contributed by atoms with Crippen molar-refractivity contribution < 1.29 is 19.1 Å². The largest absolute Gasteiger partial charge is 0.451 e. The Morgan fingerprint density at radius 3 is 2.54 bits per heavy atom. The molecule has 9 nitrogen and oxygen atoms in total. The fraction of sp³-hybridized carbons (Fsp3) is 0.368. The van der Waals surface area contributed by atoms with Crippen molar-refractivity contribution in [2.75, 3.05) is 5.32 Å². The second kappa shape index (κ2) is 7.71. The maximum atomic E-state index is 12.8. The van der Waals surface area contributed by atoms with Crippen molar-refractivity contribution in [3.05, 3.63) is 46.4 Å². The van der Waals surface area contributed by atoms with Crippen LogP contribution in [0.25, 0.3) is 5.69 Å². The average molecular weight is 386 g/mol. The fourth-order valence-electron chi connectivity index (χ4n) is 3.04. The third kappa shape index (κ3) is 3.68. The molecule has 0 aliphatic carbocycles. The molecule has 1 saturated heterocycles. The van der Waals surface area contributed by atoms with Gasteiger partial charge < -0.3 is 15.4 Å². The summed E-state index contributed by atoms with van der Waals surface area (Å²) in [5.41, 5.74) is 0.952. The van der Waals surface area contributed by atoms with Crippen molar-refractivity contribution in [3.63, 3.8) is 0 Å². The zero-order valence-corrected chi connectivity index (χ0v) is 15.9. The Bertz CT molecular complexity index is 976. The molecule has 1 fully saturated rings. The van der Waals surface area contributed by atoms with Crippen molar-refractivity contribution in [3.8, 4) is 5.69 Å². The number of carbonyl (C=O) groups is 3. The van der Waals surface area contributed by atoms with Crippen LogP contribution in [0.15, 0.2) is 35.1 Å². The molecular formula is C19H22N4O5. The fourth-order valence-corrected chi connectivity index (χ4v) is 3.04. The van der Waals surface area contributed by atoms with Gasteiger partial charge in [-0.15, -0.1) is 0 Å². The third-order valence-electron chi connectivity index (χ3n) is 4.74. The Hall–Kier alpha value is -3.36. The lowest BCUT2D eigenvalue weighted by Crippen LogP contribution is -2.39. The number of anilines is 1. The van der Waals surface area contributed by atoms with Crippen LogP contribution in [-0.2, 0) is 26.2 Å². The number of hydrogen-bond acceptors (Lipinski definition) is 5. The van der Waals surface area contributed by atoms with Crippen LogP contribution in [0.1, 0.15) is 25.5 Å². The number of carbonyl (C=O) groups excluding carboxylic acids is 3. The van der Waals surface area contributed by atoms with E-state index in [1.165, 1.54) is 11.6 Å². The summed E-state index contributed by atoms with van der Waals surface area (Å²) in [6.07, 6.45) is -0.525. The number of amides is 2. The predicted octanol–water partition coefficient (Wildman–Crippen LogP) is 0.633. The highest BCUT2D eigenvalue weighted by atomic mass is 16.5. The molecule has 148 valence electrons. The Labute approximate surface area is 161 Å². The lowest BCUT2D eigenvalue weighted by atomic mass is 10.2. The molecule has 2 amide bonds. The third-order valence-corrected chi connectivity index (χ3v) is 4.74. The van der Waals surface area contributed by atoms with Gasteiger partial charge in [-0.05, 0) is 32.4 Å². The molecule has 28 heavy (non-hydrogen) atoms. The first kappa shape index (κ1) is 19.4. The standard InChI is InChI=1S/C19H22N4O5/c1-11-16(18(26)23(22(11)3)13-7-5-4-6-8-13)21-17(25)12(2)28-19(27)14-9-10-15(24)20-14/h4-8,12,14H,9-10H2,1-3H3,(H,20,24)(H,21,25). The second-order valence-electron chi connectivity index (χ2n) is 6.66. The van der Waals surface area contributed by atoms with Gasteiger partial charge in [0.15, 0.2) is 6.10 Å². The maximum Gasteiger partial charge on any atom is 0.329 e. The first-order chi connectivity index (χ1) is 13.3. The van der Waals surface area contributed by atoms with Crippen LogP contribution in [0.4, 0.5) is 5.69 Å².